The van der Waals surface area contributed by atoms with Crippen molar-refractivity contribution in [3.05, 3.63) is 94.0 Å². The van der Waals surface area contributed by atoms with Gasteiger partial charge in [-0.25, -0.2) is 4.79 Å². The molecule has 1 atom stereocenters. The van der Waals surface area contributed by atoms with E-state index in [-0.39, 0.29) is 12.0 Å². The van der Waals surface area contributed by atoms with Crippen LogP contribution in [0.2, 0.25) is 0 Å². The second-order valence-corrected chi connectivity index (χ2v) is 7.30. The number of benzene rings is 2. The molecule has 0 bridgehead atoms. The summed E-state index contributed by atoms with van der Waals surface area (Å²) in [5, 5.41) is 0. The molecular formula is C24H23NO5. The molecule has 1 aromatic heterocycles. The first-order chi connectivity index (χ1) is 14.6. The van der Waals surface area contributed by atoms with Crippen molar-refractivity contribution in [3.8, 4) is 11.5 Å². The Hall–Kier alpha value is -3.54. The summed E-state index contributed by atoms with van der Waals surface area (Å²) >= 11 is 0. The molecule has 4 rings (SSSR count). The third kappa shape index (κ3) is 4.89. The van der Waals surface area contributed by atoms with Crippen LogP contribution in [0.25, 0.3) is 0 Å². The number of carbonyl (C=O) groups excluding carboxylic acids is 1. The van der Waals surface area contributed by atoms with Crippen LogP contribution in [0.5, 0.6) is 11.5 Å². The molecule has 1 unspecified atom stereocenters. The van der Waals surface area contributed by atoms with E-state index in [9.17, 15) is 9.59 Å². The number of ether oxygens (including phenoxy) is 2. The SMILES string of the molecule is Cc1cc(OC2CCN(C(=O)c3cccc(OCc4ccccc4)c3)C2)cc(=O)o1. The first kappa shape index (κ1) is 19.8. The molecule has 1 amide bonds. The monoisotopic (exact) mass is 405 g/mol. The van der Waals surface area contributed by atoms with Gasteiger partial charge in [0, 0.05) is 24.6 Å². The molecule has 0 saturated carbocycles. The molecule has 1 fully saturated rings. The van der Waals surface area contributed by atoms with Crippen molar-refractivity contribution in [2.45, 2.75) is 26.1 Å². The van der Waals surface area contributed by atoms with Crippen LogP contribution in [-0.4, -0.2) is 30.0 Å². The topological polar surface area (TPSA) is 69.0 Å². The van der Waals surface area contributed by atoms with Crippen LogP contribution >= 0.6 is 0 Å². The average molecular weight is 405 g/mol. The van der Waals surface area contributed by atoms with Gasteiger partial charge in [0.1, 0.15) is 30.0 Å². The highest BCUT2D eigenvalue weighted by molar-refractivity contribution is 5.94. The number of aryl methyl sites for hydroxylation is 1. The summed E-state index contributed by atoms with van der Waals surface area (Å²) in [7, 11) is 0. The zero-order valence-corrected chi connectivity index (χ0v) is 16.7. The number of rotatable bonds is 6. The van der Waals surface area contributed by atoms with Gasteiger partial charge in [-0.1, -0.05) is 36.4 Å². The van der Waals surface area contributed by atoms with E-state index in [4.69, 9.17) is 13.9 Å². The minimum absolute atomic E-state index is 0.0602. The second-order valence-electron chi connectivity index (χ2n) is 7.30. The third-order valence-corrected chi connectivity index (χ3v) is 4.93. The first-order valence-corrected chi connectivity index (χ1v) is 9.91. The van der Waals surface area contributed by atoms with Gasteiger partial charge in [-0.3, -0.25) is 4.79 Å². The van der Waals surface area contributed by atoms with Gasteiger partial charge in [0.05, 0.1) is 12.6 Å². The summed E-state index contributed by atoms with van der Waals surface area (Å²) in [6.45, 7) is 3.21. The number of nitrogens with zero attached hydrogens (tertiary/aromatic N) is 1. The number of hydrogen-bond acceptors (Lipinski definition) is 5. The summed E-state index contributed by atoms with van der Waals surface area (Å²) in [5.74, 6) is 1.56. The zero-order chi connectivity index (χ0) is 20.9. The van der Waals surface area contributed by atoms with E-state index in [1.807, 2.05) is 42.5 Å². The molecule has 2 aromatic carbocycles. The van der Waals surface area contributed by atoms with Gasteiger partial charge in [-0.05, 0) is 30.7 Å². The Morgan fingerprint density at radius 3 is 2.70 bits per heavy atom. The normalized spacial score (nSPS) is 15.8. The highest BCUT2D eigenvalue weighted by Crippen LogP contribution is 2.22. The predicted molar refractivity (Wildman–Crippen MR) is 112 cm³/mol. The Balaban J connectivity index is 1.37. The van der Waals surface area contributed by atoms with E-state index >= 15 is 0 Å². The molecule has 6 nitrogen and oxygen atoms in total. The molecule has 0 spiro atoms. The number of carbonyl (C=O) groups is 1. The summed E-state index contributed by atoms with van der Waals surface area (Å²) in [6, 6.07) is 20.1. The van der Waals surface area contributed by atoms with Gasteiger partial charge in [-0.15, -0.1) is 0 Å². The molecular weight excluding hydrogens is 382 g/mol. The first-order valence-electron chi connectivity index (χ1n) is 9.91. The van der Waals surface area contributed by atoms with Crippen molar-refractivity contribution in [3.63, 3.8) is 0 Å². The van der Waals surface area contributed by atoms with Crippen molar-refractivity contribution < 1.29 is 18.7 Å². The quantitative estimate of drug-likeness (QED) is 0.624. The number of likely N-dealkylation sites (tertiary alicyclic amines) is 1. The highest BCUT2D eigenvalue weighted by atomic mass is 16.5. The van der Waals surface area contributed by atoms with E-state index in [2.05, 4.69) is 0 Å². The molecule has 154 valence electrons. The molecule has 3 aromatic rings. The van der Waals surface area contributed by atoms with Crippen molar-refractivity contribution >= 4 is 5.91 Å². The van der Waals surface area contributed by atoms with Crippen LogP contribution in [0.4, 0.5) is 0 Å². The maximum Gasteiger partial charge on any atom is 0.339 e. The van der Waals surface area contributed by atoms with E-state index in [1.165, 1.54) is 6.07 Å². The number of hydrogen-bond donors (Lipinski definition) is 0. The molecule has 30 heavy (non-hydrogen) atoms. The van der Waals surface area contributed by atoms with Gasteiger partial charge in [0.2, 0.25) is 0 Å². The molecule has 0 N–H and O–H groups in total. The van der Waals surface area contributed by atoms with Gasteiger partial charge in [0.25, 0.3) is 5.91 Å². The Bertz CT molecular complexity index is 1080. The average Bonchev–Trinajstić information content (AvgIpc) is 3.20. The lowest BCUT2D eigenvalue weighted by molar-refractivity contribution is 0.0771. The third-order valence-electron chi connectivity index (χ3n) is 4.93. The fourth-order valence-electron chi connectivity index (χ4n) is 3.49. The molecule has 6 heteroatoms. The smallest absolute Gasteiger partial charge is 0.339 e. The zero-order valence-electron chi connectivity index (χ0n) is 16.7. The molecule has 1 saturated heterocycles. The van der Waals surface area contributed by atoms with Gasteiger partial charge >= 0.3 is 5.63 Å². The van der Waals surface area contributed by atoms with Crippen molar-refractivity contribution in [2.24, 2.45) is 0 Å². The lowest BCUT2D eigenvalue weighted by Crippen LogP contribution is -2.31. The van der Waals surface area contributed by atoms with E-state index in [0.29, 0.717) is 48.9 Å². The van der Waals surface area contributed by atoms with Crippen LogP contribution in [0.15, 0.2) is 75.9 Å². The van der Waals surface area contributed by atoms with E-state index in [0.717, 1.165) is 5.56 Å². The Morgan fingerprint density at radius 1 is 1.07 bits per heavy atom. The van der Waals surface area contributed by atoms with Crippen LogP contribution in [0.3, 0.4) is 0 Å². The largest absolute Gasteiger partial charge is 0.489 e. The fourth-order valence-corrected chi connectivity index (χ4v) is 3.49. The highest BCUT2D eigenvalue weighted by Gasteiger charge is 2.28. The lowest BCUT2D eigenvalue weighted by Gasteiger charge is -2.18. The van der Waals surface area contributed by atoms with Crippen LogP contribution in [-0.2, 0) is 6.61 Å². The van der Waals surface area contributed by atoms with Crippen molar-refractivity contribution in [1.29, 1.82) is 0 Å². The molecule has 2 heterocycles. The maximum atomic E-state index is 12.9. The Labute approximate surface area is 174 Å². The predicted octanol–water partition coefficient (Wildman–Crippen LogP) is 3.82. The molecule has 0 aliphatic carbocycles. The minimum atomic E-state index is -0.441. The van der Waals surface area contributed by atoms with Crippen LogP contribution < -0.4 is 15.1 Å². The standard InChI is InChI=1S/C24H23NO5/c1-17-12-22(14-23(26)29-17)30-21-10-11-25(15-21)24(27)19-8-5-9-20(13-19)28-16-18-6-3-2-4-7-18/h2-9,12-14,21H,10-11,15-16H2,1H3. The summed E-state index contributed by atoms with van der Waals surface area (Å²) in [4.78, 5) is 26.2. The van der Waals surface area contributed by atoms with E-state index in [1.54, 1.807) is 30.0 Å². The summed E-state index contributed by atoms with van der Waals surface area (Å²) < 4.78 is 16.7. The van der Waals surface area contributed by atoms with Gasteiger partial charge in [-0.2, -0.15) is 0 Å². The molecule has 1 aliphatic heterocycles. The lowest BCUT2D eigenvalue weighted by atomic mass is 10.2. The van der Waals surface area contributed by atoms with Crippen LogP contribution in [0, 0.1) is 6.92 Å². The fraction of sp³-hybridized carbons (Fsp3) is 0.250. The van der Waals surface area contributed by atoms with Crippen LogP contribution in [0.1, 0.15) is 28.1 Å². The van der Waals surface area contributed by atoms with Gasteiger partial charge < -0.3 is 18.8 Å². The second kappa shape index (κ2) is 8.86. The summed E-state index contributed by atoms with van der Waals surface area (Å²) in [5.41, 5.74) is 1.21. The Morgan fingerprint density at radius 2 is 1.90 bits per heavy atom. The minimum Gasteiger partial charge on any atom is -0.489 e. The molecule has 1 aliphatic rings. The van der Waals surface area contributed by atoms with E-state index < -0.39 is 5.63 Å². The van der Waals surface area contributed by atoms with Gasteiger partial charge in [0.15, 0.2) is 0 Å². The van der Waals surface area contributed by atoms with Crippen molar-refractivity contribution in [1.82, 2.24) is 4.90 Å². The maximum absolute atomic E-state index is 12.9. The number of amides is 1. The van der Waals surface area contributed by atoms with Crippen molar-refractivity contribution in [2.75, 3.05) is 13.1 Å². The summed E-state index contributed by atoms with van der Waals surface area (Å²) in [6.07, 6.45) is 0.544. The Kier molecular flexibility index (Phi) is 5.84. The molecule has 0 radical (unpaired) electrons.